The molecule has 0 unspecified atom stereocenters. The molecule has 0 saturated heterocycles. The van der Waals surface area contributed by atoms with Gasteiger partial charge < -0.3 is 4.42 Å². The van der Waals surface area contributed by atoms with E-state index < -0.39 is 0 Å². The van der Waals surface area contributed by atoms with Gasteiger partial charge in [-0.15, -0.1) is 11.3 Å². The summed E-state index contributed by atoms with van der Waals surface area (Å²) in [5.41, 5.74) is 8.70. The summed E-state index contributed by atoms with van der Waals surface area (Å²) in [6, 6.07) is 50.6. The van der Waals surface area contributed by atoms with Crippen LogP contribution in [0.1, 0.15) is 0 Å². The summed E-state index contributed by atoms with van der Waals surface area (Å²) in [6.07, 6.45) is 0. The maximum Gasteiger partial charge on any atom is 0.235 e. The lowest BCUT2D eigenvalue weighted by Crippen LogP contribution is -2.03. The number of aromatic nitrogens is 4. The Hall–Kier alpha value is -6.37. The van der Waals surface area contributed by atoms with Crippen molar-refractivity contribution in [2.45, 2.75) is 0 Å². The minimum Gasteiger partial charge on any atom is -0.456 e. The molecule has 0 amide bonds. The van der Waals surface area contributed by atoms with E-state index in [1.54, 1.807) is 11.3 Å². The molecule has 0 atom stereocenters. The Morgan fingerprint density at radius 1 is 0.510 bits per heavy atom. The molecule has 0 bridgehead atoms. The van der Waals surface area contributed by atoms with Gasteiger partial charge in [-0.3, -0.25) is 4.57 Å². The number of nitrogens with zero attached hydrogens (tertiary/aromatic N) is 4. The van der Waals surface area contributed by atoms with Crippen LogP contribution < -0.4 is 0 Å². The molecule has 11 aromatic rings. The molecule has 0 spiro atoms. The van der Waals surface area contributed by atoms with Crippen LogP contribution in [0.2, 0.25) is 0 Å². The van der Waals surface area contributed by atoms with Crippen LogP contribution in [0.5, 0.6) is 0 Å². The first-order chi connectivity index (χ1) is 24.3. The molecule has 0 aliphatic carbocycles. The zero-order valence-corrected chi connectivity index (χ0v) is 26.8. The van der Waals surface area contributed by atoms with E-state index in [0.717, 1.165) is 86.7 Å². The van der Waals surface area contributed by atoms with Crippen LogP contribution >= 0.6 is 11.3 Å². The van der Waals surface area contributed by atoms with Crippen molar-refractivity contribution < 1.29 is 4.42 Å². The van der Waals surface area contributed by atoms with Gasteiger partial charge in [0, 0.05) is 43.4 Å². The highest BCUT2D eigenvalue weighted by molar-refractivity contribution is 7.22. The van der Waals surface area contributed by atoms with Crippen molar-refractivity contribution in [2.24, 2.45) is 0 Å². The average molecular weight is 645 g/mol. The van der Waals surface area contributed by atoms with Gasteiger partial charge in [0.1, 0.15) is 16.2 Å². The predicted molar refractivity (Wildman–Crippen MR) is 203 cm³/mol. The van der Waals surface area contributed by atoms with E-state index >= 15 is 0 Å². The molecule has 6 heteroatoms. The quantitative estimate of drug-likeness (QED) is 0.192. The van der Waals surface area contributed by atoms with Crippen LogP contribution in [-0.2, 0) is 0 Å². The lowest BCUT2D eigenvalue weighted by molar-refractivity contribution is 0.669. The molecular weight excluding hydrogens is 621 g/mol. The fourth-order valence-corrected chi connectivity index (χ4v) is 8.54. The second-order valence-electron chi connectivity index (χ2n) is 12.4. The lowest BCUT2D eigenvalue weighted by atomic mass is 10.0. The van der Waals surface area contributed by atoms with Crippen molar-refractivity contribution in [3.05, 3.63) is 146 Å². The van der Waals surface area contributed by atoms with Crippen LogP contribution in [0.15, 0.2) is 150 Å². The summed E-state index contributed by atoms with van der Waals surface area (Å²) >= 11 is 1.74. The van der Waals surface area contributed by atoms with Gasteiger partial charge in [-0.05, 0) is 41.8 Å². The number of rotatable bonds is 3. The Balaban J connectivity index is 1.24. The predicted octanol–water partition coefficient (Wildman–Crippen LogP) is 11.7. The zero-order valence-electron chi connectivity index (χ0n) is 26.0. The molecule has 0 N–H and O–H groups in total. The van der Waals surface area contributed by atoms with E-state index in [2.05, 4.69) is 114 Å². The minimum absolute atomic E-state index is 0.627. The van der Waals surface area contributed by atoms with E-state index in [1.807, 2.05) is 36.4 Å². The van der Waals surface area contributed by atoms with Crippen LogP contribution in [0.25, 0.3) is 103 Å². The Morgan fingerprint density at radius 3 is 2.18 bits per heavy atom. The first-order valence-corrected chi connectivity index (χ1v) is 17.1. The summed E-state index contributed by atoms with van der Waals surface area (Å²) < 4.78 is 9.73. The molecule has 11 rings (SSSR count). The number of benzene rings is 7. The molecule has 0 radical (unpaired) electrons. The number of para-hydroxylation sites is 2. The van der Waals surface area contributed by atoms with Gasteiger partial charge in [-0.25, -0.2) is 15.0 Å². The molecule has 4 heterocycles. The van der Waals surface area contributed by atoms with Crippen molar-refractivity contribution in [3.63, 3.8) is 0 Å². The number of fused-ring (bicyclic) bond motifs is 11. The third-order valence-corrected chi connectivity index (χ3v) is 10.8. The molecule has 0 saturated carbocycles. The fraction of sp³-hybridized carbons (Fsp3) is 0. The van der Waals surface area contributed by atoms with E-state index in [4.69, 9.17) is 19.4 Å². The zero-order chi connectivity index (χ0) is 32.1. The van der Waals surface area contributed by atoms with Crippen molar-refractivity contribution in [2.75, 3.05) is 0 Å². The van der Waals surface area contributed by atoms with Crippen molar-refractivity contribution >= 4 is 87.0 Å². The van der Waals surface area contributed by atoms with Gasteiger partial charge in [-0.2, -0.15) is 0 Å². The first-order valence-electron chi connectivity index (χ1n) is 16.3. The molecule has 7 aromatic carbocycles. The van der Waals surface area contributed by atoms with Crippen LogP contribution in [0, 0.1) is 0 Å². The lowest BCUT2D eigenvalue weighted by Gasteiger charge is -2.12. The Kier molecular flexibility index (Phi) is 5.48. The van der Waals surface area contributed by atoms with Gasteiger partial charge in [0.25, 0.3) is 0 Å². The fourth-order valence-electron chi connectivity index (χ4n) is 7.42. The summed E-state index contributed by atoms with van der Waals surface area (Å²) in [4.78, 5) is 15.8. The summed E-state index contributed by atoms with van der Waals surface area (Å²) in [6.45, 7) is 0. The van der Waals surface area contributed by atoms with Gasteiger partial charge in [0.15, 0.2) is 0 Å². The highest BCUT2D eigenvalue weighted by Crippen LogP contribution is 2.43. The standard InChI is InChI=1S/C43H24N4OS/c1-2-11-26(12-3-1)42-44-34-22-23-35-38(41(34)49-42)32-21-18-25-10-4-5-13-28(25)40(32)47(35)43-45-33-16-8-6-15-31(33)39(46-43)27-19-20-30-29-14-7-9-17-36(29)48-37(30)24-27/h1-24H. The highest BCUT2D eigenvalue weighted by atomic mass is 32.1. The maximum absolute atomic E-state index is 6.31. The van der Waals surface area contributed by atoms with E-state index in [9.17, 15) is 0 Å². The highest BCUT2D eigenvalue weighted by Gasteiger charge is 2.22. The van der Waals surface area contributed by atoms with Crippen LogP contribution in [0.3, 0.4) is 0 Å². The molecule has 0 aliphatic heterocycles. The van der Waals surface area contributed by atoms with Crippen LogP contribution in [-0.4, -0.2) is 19.5 Å². The summed E-state index contributed by atoms with van der Waals surface area (Å²) in [5, 5.41) is 8.85. The van der Waals surface area contributed by atoms with Crippen molar-refractivity contribution in [1.29, 1.82) is 0 Å². The number of thiazole rings is 1. The van der Waals surface area contributed by atoms with Crippen molar-refractivity contribution in [1.82, 2.24) is 19.5 Å². The topological polar surface area (TPSA) is 56.7 Å². The molecule has 49 heavy (non-hydrogen) atoms. The van der Waals surface area contributed by atoms with E-state index in [0.29, 0.717) is 5.95 Å². The Bertz CT molecular complexity index is 3120. The third-order valence-electron chi connectivity index (χ3n) is 9.63. The maximum atomic E-state index is 6.31. The average Bonchev–Trinajstić information content (AvgIpc) is 3.86. The van der Waals surface area contributed by atoms with Gasteiger partial charge in [0.2, 0.25) is 5.95 Å². The van der Waals surface area contributed by atoms with E-state index in [-0.39, 0.29) is 0 Å². The van der Waals surface area contributed by atoms with E-state index in [1.165, 1.54) is 10.8 Å². The second kappa shape index (κ2) is 10.1. The normalized spacial score (nSPS) is 12.1. The van der Waals surface area contributed by atoms with Gasteiger partial charge in [-0.1, -0.05) is 109 Å². The van der Waals surface area contributed by atoms with Crippen LogP contribution in [0.4, 0.5) is 0 Å². The smallest absolute Gasteiger partial charge is 0.235 e. The largest absolute Gasteiger partial charge is 0.456 e. The molecule has 4 aromatic heterocycles. The summed E-state index contributed by atoms with van der Waals surface area (Å²) in [5.74, 6) is 0.627. The number of hydrogen-bond acceptors (Lipinski definition) is 5. The number of hydrogen-bond donors (Lipinski definition) is 0. The van der Waals surface area contributed by atoms with Gasteiger partial charge >= 0.3 is 0 Å². The minimum atomic E-state index is 0.627. The summed E-state index contributed by atoms with van der Waals surface area (Å²) in [7, 11) is 0. The van der Waals surface area contributed by atoms with Gasteiger partial charge in [0.05, 0.1) is 32.5 Å². The number of furan rings is 1. The molecule has 0 aliphatic rings. The molecule has 0 fully saturated rings. The SMILES string of the molecule is c1ccc(-c2nc3ccc4c(c5ccc6ccccc6c5n4-c4nc(-c5ccc6c(c5)oc5ccccc56)c5ccccc5n4)c3s2)cc1. The Labute approximate surface area is 283 Å². The monoisotopic (exact) mass is 644 g/mol. The molecule has 5 nitrogen and oxygen atoms in total. The Morgan fingerprint density at radius 2 is 1.27 bits per heavy atom. The second-order valence-corrected chi connectivity index (χ2v) is 13.4. The molecule has 228 valence electrons. The first kappa shape index (κ1) is 26.7. The third kappa shape index (κ3) is 3.89. The van der Waals surface area contributed by atoms with Crippen molar-refractivity contribution in [3.8, 4) is 27.8 Å². The molecular formula is C43H24N4OS.